The van der Waals surface area contributed by atoms with E-state index < -0.39 is 5.97 Å². The van der Waals surface area contributed by atoms with Crippen molar-refractivity contribution in [1.29, 1.82) is 0 Å². The quantitative estimate of drug-likeness (QED) is 0.289. The van der Waals surface area contributed by atoms with E-state index in [-0.39, 0.29) is 29.7 Å². The number of alkyl halides is 1. The lowest BCUT2D eigenvalue weighted by Gasteiger charge is -2.37. The topological polar surface area (TPSA) is 65.1 Å². The summed E-state index contributed by atoms with van der Waals surface area (Å²) in [5, 5.41) is -0.369. The number of hydrogen-bond donors (Lipinski definition) is 0. The molecule has 1 aliphatic heterocycles. The van der Waals surface area contributed by atoms with Gasteiger partial charge in [-0.2, -0.15) is 0 Å². The standard InChI is InChI=1S/C24H26ClNO5S/c1-17(30-13-18-6-4-3-5-7-18)23-26(16-27)22(20(12-25)15-32-23)24(28)31-14-19-8-10-21(29-2)11-9-19/h3-11,16-17,23H,12-15H2,1-2H3/t17-,23+/m0/s1. The Balaban J connectivity index is 1.69. The minimum Gasteiger partial charge on any atom is -0.497 e. The van der Waals surface area contributed by atoms with Crippen molar-refractivity contribution >= 4 is 35.7 Å². The van der Waals surface area contributed by atoms with Gasteiger partial charge in [0, 0.05) is 11.6 Å². The summed E-state index contributed by atoms with van der Waals surface area (Å²) in [4.78, 5) is 26.4. The van der Waals surface area contributed by atoms with Gasteiger partial charge in [-0.3, -0.25) is 9.69 Å². The van der Waals surface area contributed by atoms with Crippen molar-refractivity contribution in [3.8, 4) is 5.75 Å². The zero-order valence-electron chi connectivity index (χ0n) is 18.0. The molecule has 0 fully saturated rings. The summed E-state index contributed by atoms with van der Waals surface area (Å²) in [6, 6.07) is 17.0. The van der Waals surface area contributed by atoms with Crippen LogP contribution < -0.4 is 4.74 Å². The Labute approximate surface area is 197 Å². The lowest BCUT2D eigenvalue weighted by molar-refractivity contribution is -0.144. The number of carbonyl (C=O) groups is 2. The van der Waals surface area contributed by atoms with Crippen LogP contribution in [0.2, 0.25) is 0 Å². The molecule has 0 aromatic heterocycles. The third-order valence-corrected chi connectivity index (χ3v) is 6.84. The van der Waals surface area contributed by atoms with Crippen LogP contribution in [0.5, 0.6) is 5.75 Å². The fraction of sp³-hybridized carbons (Fsp3) is 0.333. The van der Waals surface area contributed by atoms with Gasteiger partial charge in [0.2, 0.25) is 6.41 Å². The zero-order valence-corrected chi connectivity index (χ0v) is 19.6. The molecule has 0 aliphatic carbocycles. The first kappa shape index (κ1) is 24.2. The predicted octanol–water partition coefficient (Wildman–Crippen LogP) is 4.37. The molecule has 0 saturated heterocycles. The second-order valence-corrected chi connectivity index (χ2v) is 8.60. The van der Waals surface area contributed by atoms with E-state index >= 15 is 0 Å². The highest BCUT2D eigenvalue weighted by molar-refractivity contribution is 8.00. The molecule has 3 rings (SSSR count). The number of halogens is 1. The summed E-state index contributed by atoms with van der Waals surface area (Å²) >= 11 is 7.61. The average molecular weight is 476 g/mol. The minimum atomic E-state index is -0.580. The molecule has 8 heteroatoms. The van der Waals surface area contributed by atoms with E-state index in [1.807, 2.05) is 49.4 Å². The third kappa shape index (κ3) is 6.06. The molecule has 0 radical (unpaired) electrons. The minimum absolute atomic E-state index is 0.0759. The molecular weight excluding hydrogens is 450 g/mol. The Morgan fingerprint density at radius 1 is 1.16 bits per heavy atom. The van der Waals surface area contributed by atoms with Crippen molar-refractivity contribution in [3.63, 3.8) is 0 Å². The van der Waals surface area contributed by atoms with E-state index in [9.17, 15) is 9.59 Å². The van der Waals surface area contributed by atoms with E-state index in [1.54, 1.807) is 19.2 Å². The summed E-state index contributed by atoms with van der Waals surface area (Å²) in [5.74, 6) is 0.793. The van der Waals surface area contributed by atoms with Crippen LogP contribution in [0, 0.1) is 0 Å². The molecule has 170 valence electrons. The number of thioether (sulfide) groups is 1. The molecule has 32 heavy (non-hydrogen) atoms. The fourth-order valence-corrected chi connectivity index (χ4v) is 4.90. The van der Waals surface area contributed by atoms with Crippen molar-refractivity contribution in [1.82, 2.24) is 4.90 Å². The van der Waals surface area contributed by atoms with Crippen molar-refractivity contribution in [3.05, 3.63) is 77.0 Å². The molecule has 0 bridgehead atoms. The summed E-state index contributed by atoms with van der Waals surface area (Å²) < 4.78 is 16.7. The summed E-state index contributed by atoms with van der Waals surface area (Å²) in [6.07, 6.45) is 0.335. The van der Waals surface area contributed by atoms with E-state index in [2.05, 4.69) is 0 Å². The first-order valence-corrected chi connectivity index (χ1v) is 11.7. The summed E-state index contributed by atoms with van der Waals surface area (Å²) in [7, 11) is 1.59. The Morgan fingerprint density at radius 3 is 2.47 bits per heavy atom. The number of ether oxygens (including phenoxy) is 3. The first-order valence-electron chi connectivity index (χ1n) is 10.2. The lowest BCUT2D eigenvalue weighted by atomic mass is 10.2. The number of methoxy groups -OCH3 is 1. The van der Waals surface area contributed by atoms with Crippen LogP contribution in [0.1, 0.15) is 18.1 Å². The number of rotatable bonds is 10. The lowest BCUT2D eigenvalue weighted by Crippen LogP contribution is -2.45. The van der Waals surface area contributed by atoms with Gasteiger partial charge in [-0.1, -0.05) is 42.5 Å². The van der Waals surface area contributed by atoms with Gasteiger partial charge < -0.3 is 14.2 Å². The van der Waals surface area contributed by atoms with Gasteiger partial charge in [-0.25, -0.2) is 4.79 Å². The van der Waals surface area contributed by atoms with Crippen molar-refractivity contribution in [2.24, 2.45) is 0 Å². The third-order valence-electron chi connectivity index (χ3n) is 5.05. The van der Waals surface area contributed by atoms with Crippen LogP contribution in [0.3, 0.4) is 0 Å². The number of benzene rings is 2. The van der Waals surface area contributed by atoms with Crippen LogP contribution in [-0.4, -0.2) is 47.5 Å². The maximum absolute atomic E-state index is 13.0. The van der Waals surface area contributed by atoms with Crippen molar-refractivity contribution < 1.29 is 23.8 Å². The number of hydrogen-bond acceptors (Lipinski definition) is 6. The Hall–Kier alpha value is -2.48. The maximum atomic E-state index is 13.0. The first-order chi connectivity index (χ1) is 15.6. The van der Waals surface area contributed by atoms with Crippen LogP contribution in [-0.2, 0) is 32.3 Å². The molecular formula is C24H26ClNO5S. The monoisotopic (exact) mass is 475 g/mol. The molecule has 6 nitrogen and oxygen atoms in total. The van der Waals surface area contributed by atoms with Gasteiger partial charge in [0.05, 0.1) is 19.8 Å². The molecule has 2 aromatic carbocycles. The summed E-state index contributed by atoms with van der Waals surface area (Å²) in [6.45, 7) is 2.38. The molecule has 2 atom stereocenters. The van der Waals surface area contributed by atoms with Crippen LogP contribution in [0.15, 0.2) is 65.9 Å². The molecule has 1 aliphatic rings. The number of nitrogens with zero attached hydrogens (tertiary/aromatic N) is 1. The normalized spacial score (nSPS) is 17.1. The molecule has 0 saturated carbocycles. The molecule has 1 heterocycles. The molecule has 1 amide bonds. The number of esters is 1. The Kier molecular flexibility index (Phi) is 9.02. The zero-order chi connectivity index (χ0) is 22.9. The van der Waals surface area contributed by atoms with Gasteiger partial charge >= 0.3 is 5.97 Å². The van der Waals surface area contributed by atoms with Crippen LogP contribution in [0.4, 0.5) is 0 Å². The maximum Gasteiger partial charge on any atom is 0.355 e. The molecule has 0 spiro atoms. The van der Waals surface area contributed by atoms with E-state index in [1.165, 1.54) is 16.7 Å². The van der Waals surface area contributed by atoms with Gasteiger partial charge in [-0.15, -0.1) is 23.4 Å². The average Bonchev–Trinajstić information content (AvgIpc) is 2.85. The highest BCUT2D eigenvalue weighted by atomic mass is 35.5. The molecule has 2 aromatic rings. The molecule has 0 N–H and O–H groups in total. The van der Waals surface area contributed by atoms with Crippen molar-refractivity contribution in [2.75, 3.05) is 18.7 Å². The fourth-order valence-electron chi connectivity index (χ4n) is 3.29. The number of amides is 1. The predicted molar refractivity (Wildman–Crippen MR) is 125 cm³/mol. The second-order valence-electron chi connectivity index (χ2n) is 7.23. The second kappa shape index (κ2) is 11.9. The van der Waals surface area contributed by atoms with Gasteiger partial charge in [0.25, 0.3) is 0 Å². The highest BCUT2D eigenvalue weighted by Gasteiger charge is 2.37. The van der Waals surface area contributed by atoms with E-state index in [4.69, 9.17) is 25.8 Å². The van der Waals surface area contributed by atoms with E-state index in [0.29, 0.717) is 24.3 Å². The Morgan fingerprint density at radius 2 is 1.84 bits per heavy atom. The summed E-state index contributed by atoms with van der Waals surface area (Å²) in [5.41, 5.74) is 2.71. The molecule has 0 unspecified atom stereocenters. The van der Waals surface area contributed by atoms with Gasteiger partial charge in [0.1, 0.15) is 23.4 Å². The van der Waals surface area contributed by atoms with Gasteiger partial charge in [0.15, 0.2) is 0 Å². The Bertz CT molecular complexity index is 935. The van der Waals surface area contributed by atoms with Crippen LogP contribution in [0.25, 0.3) is 0 Å². The number of carbonyl (C=O) groups excluding carboxylic acids is 2. The smallest absolute Gasteiger partial charge is 0.355 e. The van der Waals surface area contributed by atoms with Crippen LogP contribution >= 0.6 is 23.4 Å². The largest absolute Gasteiger partial charge is 0.497 e. The highest BCUT2D eigenvalue weighted by Crippen LogP contribution is 2.34. The van der Waals surface area contributed by atoms with E-state index in [0.717, 1.165) is 16.9 Å². The SMILES string of the molecule is COc1ccc(COC(=O)C2=C(CCl)CS[C@H]([C@H](C)OCc3ccccc3)N2C=O)cc1. The van der Waals surface area contributed by atoms with Crippen molar-refractivity contribution in [2.45, 2.75) is 31.6 Å². The van der Waals surface area contributed by atoms with Gasteiger partial charge in [-0.05, 0) is 35.8 Å².